The van der Waals surface area contributed by atoms with Crippen LogP contribution in [0.3, 0.4) is 0 Å². The number of carbonyl (C=O) groups excluding carboxylic acids is 3. The first-order valence-corrected chi connectivity index (χ1v) is 16.5. The van der Waals surface area contributed by atoms with Crippen LogP contribution in [-0.2, 0) is 9.59 Å². The zero-order valence-corrected chi connectivity index (χ0v) is 28.2. The zero-order chi connectivity index (χ0) is 33.3. The zero-order valence-electron chi connectivity index (χ0n) is 24.3. The van der Waals surface area contributed by atoms with Crippen LogP contribution in [0.4, 0.5) is 11.4 Å². The van der Waals surface area contributed by atoms with E-state index < -0.39 is 17.1 Å². The summed E-state index contributed by atoms with van der Waals surface area (Å²) >= 11 is 26.3. The molecule has 0 saturated carbocycles. The average Bonchev–Trinajstić information content (AvgIpc) is 3.05. The molecule has 236 valence electrons. The lowest BCUT2D eigenvalue weighted by molar-refractivity contribution is -0.116. The number of thioether (sulfide) groups is 1. The van der Waals surface area contributed by atoms with E-state index in [4.69, 9.17) is 46.4 Å². The number of hydrogen-bond donors (Lipinski definition) is 3. The molecule has 47 heavy (non-hydrogen) atoms. The molecule has 1 atom stereocenters. The summed E-state index contributed by atoms with van der Waals surface area (Å²) in [6.07, 6.45) is 1.43. The fourth-order valence-corrected chi connectivity index (χ4v) is 6.57. The quantitative estimate of drug-likeness (QED) is 0.0990. The second-order valence-electron chi connectivity index (χ2n) is 10.1. The molecule has 5 rings (SSSR count). The number of rotatable bonds is 10. The van der Waals surface area contributed by atoms with Crippen molar-refractivity contribution in [2.24, 2.45) is 0 Å². The Kier molecular flexibility index (Phi) is 11.6. The topological polar surface area (TPSA) is 87.3 Å². The first-order chi connectivity index (χ1) is 22.7. The first-order valence-electron chi connectivity index (χ1n) is 14.1. The lowest BCUT2D eigenvalue weighted by atomic mass is 10.1. The van der Waals surface area contributed by atoms with E-state index in [0.717, 1.165) is 5.56 Å². The van der Waals surface area contributed by atoms with E-state index >= 15 is 0 Å². The van der Waals surface area contributed by atoms with E-state index in [1.807, 2.05) is 36.4 Å². The van der Waals surface area contributed by atoms with E-state index in [1.54, 1.807) is 84.9 Å². The van der Waals surface area contributed by atoms with Gasteiger partial charge in [-0.25, -0.2) is 0 Å². The van der Waals surface area contributed by atoms with Gasteiger partial charge in [0.2, 0.25) is 5.91 Å². The van der Waals surface area contributed by atoms with Crippen LogP contribution in [-0.4, -0.2) is 17.7 Å². The molecule has 11 heteroatoms. The standard InChI is InChI=1S/C36H25Cl4N3O3S/c37-24-17-25(38)19-27(18-24)42-36(46)33(22-9-3-1-4-10-22)47-28-14-7-13-26(20-28)41-35(45)32(21-29-30(39)15-8-16-31(29)40)43-34(44)23-11-5-2-6-12-23/h1-21,33H,(H,41,45)(H,42,46)(H,43,44)/b32-21+. The summed E-state index contributed by atoms with van der Waals surface area (Å²) in [6.45, 7) is 0. The highest BCUT2D eigenvalue weighted by molar-refractivity contribution is 8.00. The van der Waals surface area contributed by atoms with Crippen molar-refractivity contribution in [1.29, 1.82) is 0 Å². The Balaban J connectivity index is 1.40. The monoisotopic (exact) mass is 719 g/mol. The molecule has 0 aliphatic rings. The Morgan fingerprint density at radius 3 is 1.91 bits per heavy atom. The summed E-state index contributed by atoms with van der Waals surface area (Å²) in [6, 6.07) is 34.6. The predicted molar refractivity (Wildman–Crippen MR) is 194 cm³/mol. The third-order valence-electron chi connectivity index (χ3n) is 6.63. The van der Waals surface area contributed by atoms with Gasteiger partial charge in [-0.1, -0.05) is 107 Å². The molecule has 0 bridgehead atoms. The van der Waals surface area contributed by atoms with Crippen LogP contribution < -0.4 is 16.0 Å². The van der Waals surface area contributed by atoms with E-state index in [-0.39, 0.29) is 11.6 Å². The number of carbonyl (C=O) groups is 3. The Bertz CT molecular complexity index is 1920. The van der Waals surface area contributed by atoms with Gasteiger partial charge in [0.25, 0.3) is 11.8 Å². The molecule has 0 radical (unpaired) electrons. The molecule has 0 heterocycles. The largest absolute Gasteiger partial charge is 0.325 e. The SMILES string of the molecule is O=C(Nc1cccc(SC(C(=O)Nc2cc(Cl)cc(Cl)c2)c2ccccc2)c1)/C(=C\c1c(Cl)cccc1Cl)NC(=O)c1ccccc1. The molecule has 5 aromatic carbocycles. The molecule has 0 aliphatic carbocycles. The van der Waals surface area contributed by atoms with Crippen LogP contribution in [0.1, 0.15) is 26.7 Å². The first kappa shape index (κ1) is 34.1. The van der Waals surface area contributed by atoms with Gasteiger partial charge in [0.1, 0.15) is 10.9 Å². The maximum absolute atomic E-state index is 13.7. The fourth-order valence-electron chi connectivity index (χ4n) is 4.45. The van der Waals surface area contributed by atoms with Crippen LogP contribution in [0.15, 0.2) is 132 Å². The van der Waals surface area contributed by atoms with Gasteiger partial charge in [-0.05, 0) is 72.3 Å². The van der Waals surface area contributed by atoms with Gasteiger partial charge in [-0.2, -0.15) is 0 Å². The van der Waals surface area contributed by atoms with Gasteiger partial charge in [-0.3, -0.25) is 14.4 Å². The van der Waals surface area contributed by atoms with Crippen molar-refractivity contribution in [2.75, 3.05) is 10.6 Å². The molecule has 6 nitrogen and oxygen atoms in total. The second-order valence-corrected chi connectivity index (χ2v) is 12.9. The second kappa shape index (κ2) is 16.0. The summed E-state index contributed by atoms with van der Waals surface area (Å²) < 4.78 is 0. The number of halogens is 4. The summed E-state index contributed by atoms with van der Waals surface area (Å²) in [5.41, 5.74) is 2.32. The highest BCUT2D eigenvalue weighted by atomic mass is 35.5. The molecule has 0 saturated heterocycles. The van der Waals surface area contributed by atoms with Gasteiger partial charge >= 0.3 is 0 Å². The van der Waals surface area contributed by atoms with Crippen molar-refractivity contribution in [3.8, 4) is 0 Å². The van der Waals surface area contributed by atoms with Crippen molar-refractivity contribution in [3.63, 3.8) is 0 Å². The number of anilines is 2. The Morgan fingerprint density at radius 2 is 1.26 bits per heavy atom. The molecule has 0 aromatic heterocycles. The smallest absolute Gasteiger partial charge is 0.272 e. The van der Waals surface area contributed by atoms with Crippen LogP contribution in [0.5, 0.6) is 0 Å². The van der Waals surface area contributed by atoms with Crippen molar-refractivity contribution >= 4 is 93.3 Å². The van der Waals surface area contributed by atoms with Crippen LogP contribution in [0.2, 0.25) is 20.1 Å². The van der Waals surface area contributed by atoms with Gasteiger partial charge in [0.15, 0.2) is 0 Å². The van der Waals surface area contributed by atoms with Gasteiger partial charge < -0.3 is 16.0 Å². The highest BCUT2D eigenvalue weighted by Crippen LogP contribution is 2.38. The Hall–Kier alpha value is -4.24. The molecule has 0 spiro atoms. The Morgan fingerprint density at radius 1 is 0.638 bits per heavy atom. The molecule has 0 fully saturated rings. The van der Waals surface area contributed by atoms with Crippen LogP contribution in [0, 0.1) is 0 Å². The van der Waals surface area contributed by atoms with E-state index in [9.17, 15) is 14.4 Å². The van der Waals surface area contributed by atoms with Crippen molar-refractivity contribution < 1.29 is 14.4 Å². The van der Waals surface area contributed by atoms with E-state index in [0.29, 0.717) is 47.5 Å². The van der Waals surface area contributed by atoms with Crippen LogP contribution in [0.25, 0.3) is 6.08 Å². The summed E-state index contributed by atoms with van der Waals surface area (Å²) in [7, 11) is 0. The van der Waals surface area contributed by atoms with Gasteiger partial charge in [-0.15, -0.1) is 11.8 Å². The number of benzene rings is 5. The minimum Gasteiger partial charge on any atom is -0.325 e. The molecule has 0 aliphatic heterocycles. The van der Waals surface area contributed by atoms with Crippen molar-refractivity contribution in [2.45, 2.75) is 10.1 Å². The summed E-state index contributed by atoms with van der Waals surface area (Å²) in [5, 5.41) is 9.16. The number of amides is 3. The highest BCUT2D eigenvalue weighted by Gasteiger charge is 2.23. The van der Waals surface area contributed by atoms with Crippen molar-refractivity contribution in [3.05, 3.63) is 164 Å². The lowest BCUT2D eigenvalue weighted by Crippen LogP contribution is -2.30. The maximum Gasteiger partial charge on any atom is 0.272 e. The third-order valence-corrected chi connectivity index (χ3v) is 8.98. The molecular formula is C36H25Cl4N3O3S. The molecule has 5 aromatic rings. The van der Waals surface area contributed by atoms with E-state index in [2.05, 4.69) is 16.0 Å². The molecule has 3 N–H and O–H groups in total. The minimum atomic E-state index is -0.664. The Labute approximate surface area is 296 Å². The average molecular weight is 721 g/mol. The molecule has 1 unspecified atom stereocenters. The third kappa shape index (κ3) is 9.41. The van der Waals surface area contributed by atoms with Crippen LogP contribution >= 0.6 is 58.2 Å². The summed E-state index contributed by atoms with van der Waals surface area (Å²) in [5.74, 6) is -1.39. The normalized spacial score (nSPS) is 11.8. The lowest BCUT2D eigenvalue weighted by Gasteiger charge is -2.18. The molecule has 3 amide bonds. The molecular weight excluding hydrogens is 696 g/mol. The number of hydrogen-bond acceptors (Lipinski definition) is 4. The van der Waals surface area contributed by atoms with Gasteiger partial charge in [0.05, 0.1) is 0 Å². The minimum absolute atomic E-state index is 0.0753. The number of nitrogens with one attached hydrogen (secondary N) is 3. The van der Waals surface area contributed by atoms with E-state index in [1.165, 1.54) is 17.8 Å². The summed E-state index contributed by atoms with van der Waals surface area (Å²) in [4.78, 5) is 41.0. The fraction of sp³-hybridized carbons (Fsp3) is 0.0278. The predicted octanol–water partition coefficient (Wildman–Crippen LogP) is 10.2. The van der Waals surface area contributed by atoms with Crippen molar-refractivity contribution in [1.82, 2.24) is 5.32 Å². The van der Waals surface area contributed by atoms with Gasteiger partial charge in [0, 0.05) is 47.5 Å². The maximum atomic E-state index is 13.7.